The topological polar surface area (TPSA) is 131 Å². The minimum Gasteiger partial charge on any atom is -0.444 e. The standard InChI is InChI=1S/C30H50N4O5/c1-8-11-12-20-34(28(37)24(18-19-25(31)35)33-29(38)39-30(5,6)7)26(27(36)32-21(4)13-9-2)23-16-14-22(10-3)15-17-23/h14-17,21,24,26H,8-13,18-20H2,1-7H3,(H2,31,35)(H,32,36)(H,33,38). The van der Waals surface area contributed by atoms with E-state index in [4.69, 9.17) is 10.5 Å². The van der Waals surface area contributed by atoms with Gasteiger partial charge in [0, 0.05) is 19.0 Å². The number of amides is 4. The van der Waals surface area contributed by atoms with Gasteiger partial charge in [0.05, 0.1) is 0 Å². The molecule has 4 N–H and O–H groups in total. The summed E-state index contributed by atoms with van der Waals surface area (Å²) in [5.74, 6) is -1.33. The number of hydrogen-bond donors (Lipinski definition) is 3. The van der Waals surface area contributed by atoms with E-state index in [1.54, 1.807) is 20.8 Å². The third kappa shape index (κ3) is 12.5. The number of rotatable bonds is 16. The molecule has 39 heavy (non-hydrogen) atoms. The number of alkyl carbamates (subject to hydrolysis) is 1. The van der Waals surface area contributed by atoms with E-state index >= 15 is 0 Å². The van der Waals surface area contributed by atoms with Gasteiger partial charge in [-0.25, -0.2) is 4.79 Å². The quantitative estimate of drug-likeness (QED) is 0.257. The third-order valence-electron chi connectivity index (χ3n) is 6.33. The molecule has 0 aliphatic rings. The lowest BCUT2D eigenvalue weighted by Crippen LogP contribution is -2.54. The van der Waals surface area contributed by atoms with Gasteiger partial charge in [0.15, 0.2) is 0 Å². The molecule has 1 rings (SSSR count). The molecule has 9 nitrogen and oxygen atoms in total. The van der Waals surface area contributed by atoms with E-state index in [0.717, 1.165) is 37.7 Å². The van der Waals surface area contributed by atoms with E-state index in [-0.39, 0.29) is 24.8 Å². The number of nitrogens with two attached hydrogens (primary N) is 1. The summed E-state index contributed by atoms with van der Waals surface area (Å²) in [7, 11) is 0. The van der Waals surface area contributed by atoms with Gasteiger partial charge in [-0.15, -0.1) is 0 Å². The number of carbonyl (C=O) groups is 4. The highest BCUT2D eigenvalue weighted by Gasteiger charge is 2.36. The predicted molar refractivity (Wildman–Crippen MR) is 154 cm³/mol. The summed E-state index contributed by atoms with van der Waals surface area (Å²) in [6.07, 6.45) is 4.14. The summed E-state index contributed by atoms with van der Waals surface area (Å²) >= 11 is 0. The Morgan fingerprint density at radius 1 is 0.949 bits per heavy atom. The van der Waals surface area contributed by atoms with E-state index in [2.05, 4.69) is 31.4 Å². The van der Waals surface area contributed by atoms with Gasteiger partial charge in [0.1, 0.15) is 17.7 Å². The Labute approximate surface area is 234 Å². The van der Waals surface area contributed by atoms with Gasteiger partial charge in [0.2, 0.25) is 17.7 Å². The van der Waals surface area contributed by atoms with E-state index in [1.807, 2.05) is 31.2 Å². The number of nitrogens with one attached hydrogen (secondary N) is 2. The van der Waals surface area contributed by atoms with Crippen molar-refractivity contribution < 1.29 is 23.9 Å². The largest absolute Gasteiger partial charge is 0.444 e. The summed E-state index contributed by atoms with van der Waals surface area (Å²) in [6.45, 7) is 13.6. The van der Waals surface area contributed by atoms with Crippen molar-refractivity contribution in [1.29, 1.82) is 0 Å². The molecule has 0 heterocycles. The van der Waals surface area contributed by atoms with Crippen molar-refractivity contribution in [2.45, 2.75) is 124 Å². The average Bonchev–Trinajstić information content (AvgIpc) is 2.84. The van der Waals surface area contributed by atoms with Crippen LogP contribution in [0.25, 0.3) is 0 Å². The van der Waals surface area contributed by atoms with Crippen LogP contribution in [-0.2, 0) is 25.5 Å². The minimum atomic E-state index is -1.09. The molecule has 0 bridgehead atoms. The van der Waals surface area contributed by atoms with Crippen molar-refractivity contribution in [3.8, 4) is 0 Å². The van der Waals surface area contributed by atoms with Crippen molar-refractivity contribution in [3.63, 3.8) is 0 Å². The summed E-state index contributed by atoms with van der Waals surface area (Å²) in [4.78, 5) is 53.7. The van der Waals surface area contributed by atoms with Gasteiger partial charge >= 0.3 is 6.09 Å². The molecule has 1 aromatic rings. The van der Waals surface area contributed by atoms with Gasteiger partial charge in [-0.05, 0) is 64.5 Å². The molecule has 0 aliphatic carbocycles. The first-order chi connectivity index (χ1) is 18.3. The molecule has 220 valence electrons. The molecule has 0 saturated heterocycles. The molecule has 4 amide bonds. The maximum absolute atomic E-state index is 14.1. The first-order valence-corrected chi connectivity index (χ1v) is 14.3. The number of hydrogen-bond acceptors (Lipinski definition) is 5. The summed E-state index contributed by atoms with van der Waals surface area (Å²) in [6, 6.07) is 5.62. The van der Waals surface area contributed by atoms with Crippen LogP contribution in [0.15, 0.2) is 24.3 Å². The summed E-state index contributed by atoms with van der Waals surface area (Å²) < 4.78 is 5.38. The maximum Gasteiger partial charge on any atom is 0.408 e. The van der Waals surface area contributed by atoms with Gasteiger partial charge < -0.3 is 26.0 Å². The van der Waals surface area contributed by atoms with Gasteiger partial charge in [-0.2, -0.15) is 0 Å². The summed E-state index contributed by atoms with van der Waals surface area (Å²) in [5, 5.41) is 5.71. The normalized spacial score (nSPS) is 13.6. The molecule has 1 aromatic carbocycles. The number of primary amides is 1. The molecular formula is C30H50N4O5. The molecule has 0 aliphatic heterocycles. The average molecular weight is 547 g/mol. The zero-order valence-corrected chi connectivity index (χ0v) is 25.0. The second-order valence-corrected chi connectivity index (χ2v) is 11.1. The second-order valence-electron chi connectivity index (χ2n) is 11.1. The van der Waals surface area contributed by atoms with E-state index in [1.165, 1.54) is 4.90 Å². The lowest BCUT2D eigenvalue weighted by molar-refractivity contribution is -0.143. The Morgan fingerprint density at radius 3 is 2.10 bits per heavy atom. The highest BCUT2D eigenvalue weighted by molar-refractivity contribution is 5.92. The summed E-state index contributed by atoms with van der Waals surface area (Å²) in [5.41, 5.74) is 6.41. The van der Waals surface area contributed by atoms with E-state index < -0.39 is 35.6 Å². The van der Waals surface area contributed by atoms with Crippen molar-refractivity contribution in [1.82, 2.24) is 15.5 Å². The van der Waals surface area contributed by atoms with Crippen LogP contribution in [0.3, 0.4) is 0 Å². The van der Waals surface area contributed by atoms with Gasteiger partial charge in [0.25, 0.3) is 0 Å². The predicted octanol–water partition coefficient (Wildman–Crippen LogP) is 4.77. The van der Waals surface area contributed by atoms with Crippen LogP contribution in [-0.4, -0.2) is 52.9 Å². The van der Waals surface area contributed by atoms with Crippen LogP contribution in [0, 0.1) is 0 Å². The Balaban J connectivity index is 3.52. The lowest BCUT2D eigenvalue weighted by atomic mass is 9.98. The minimum absolute atomic E-state index is 0.00691. The fourth-order valence-corrected chi connectivity index (χ4v) is 4.33. The van der Waals surface area contributed by atoms with Crippen LogP contribution >= 0.6 is 0 Å². The number of aryl methyl sites for hydroxylation is 1. The Hall–Kier alpha value is -3.10. The Kier molecular flexibility index (Phi) is 14.6. The maximum atomic E-state index is 14.1. The Bertz CT molecular complexity index is 926. The fourth-order valence-electron chi connectivity index (χ4n) is 4.33. The monoisotopic (exact) mass is 546 g/mol. The number of ether oxygens (including phenoxy) is 1. The number of unbranched alkanes of at least 4 members (excludes halogenated alkanes) is 2. The lowest BCUT2D eigenvalue weighted by Gasteiger charge is -2.35. The fraction of sp³-hybridized carbons (Fsp3) is 0.667. The number of benzene rings is 1. The molecule has 0 spiro atoms. The van der Waals surface area contributed by atoms with Crippen LogP contribution in [0.1, 0.15) is 111 Å². The zero-order valence-electron chi connectivity index (χ0n) is 25.0. The van der Waals surface area contributed by atoms with Crippen LogP contribution in [0.4, 0.5) is 4.79 Å². The SMILES string of the molecule is CCCCCN(C(=O)C(CCC(N)=O)NC(=O)OC(C)(C)C)C(C(=O)NC(C)CCC)c1ccc(CC)cc1. The highest BCUT2D eigenvalue weighted by atomic mass is 16.6. The van der Waals surface area contributed by atoms with Crippen molar-refractivity contribution in [3.05, 3.63) is 35.4 Å². The molecule has 0 aromatic heterocycles. The second kappa shape index (κ2) is 16.8. The molecule has 3 atom stereocenters. The van der Waals surface area contributed by atoms with Crippen LogP contribution in [0.2, 0.25) is 0 Å². The van der Waals surface area contributed by atoms with Crippen LogP contribution < -0.4 is 16.4 Å². The van der Waals surface area contributed by atoms with E-state index in [0.29, 0.717) is 18.5 Å². The molecule has 3 unspecified atom stereocenters. The van der Waals surface area contributed by atoms with Crippen LogP contribution in [0.5, 0.6) is 0 Å². The third-order valence-corrected chi connectivity index (χ3v) is 6.33. The highest BCUT2D eigenvalue weighted by Crippen LogP contribution is 2.25. The van der Waals surface area contributed by atoms with E-state index in [9.17, 15) is 19.2 Å². The zero-order chi connectivity index (χ0) is 29.6. The van der Waals surface area contributed by atoms with Crippen molar-refractivity contribution in [2.75, 3.05) is 6.54 Å². The first-order valence-electron chi connectivity index (χ1n) is 14.3. The van der Waals surface area contributed by atoms with Gasteiger partial charge in [-0.3, -0.25) is 14.4 Å². The number of nitrogens with zero attached hydrogens (tertiary/aromatic N) is 1. The molecule has 0 fully saturated rings. The molecule has 9 heteroatoms. The smallest absolute Gasteiger partial charge is 0.408 e. The first kappa shape index (κ1) is 33.9. The Morgan fingerprint density at radius 2 is 1.59 bits per heavy atom. The molecule has 0 radical (unpaired) electrons. The molecular weight excluding hydrogens is 496 g/mol. The molecule has 0 saturated carbocycles. The van der Waals surface area contributed by atoms with Crippen molar-refractivity contribution >= 4 is 23.8 Å². The van der Waals surface area contributed by atoms with Gasteiger partial charge in [-0.1, -0.05) is 64.3 Å². The number of carbonyl (C=O) groups excluding carboxylic acids is 4. The van der Waals surface area contributed by atoms with Crippen molar-refractivity contribution in [2.24, 2.45) is 5.73 Å².